The summed E-state index contributed by atoms with van der Waals surface area (Å²) >= 11 is 0. The number of hydrogen-bond donors (Lipinski definition) is 0. The summed E-state index contributed by atoms with van der Waals surface area (Å²) in [6, 6.07) is 0. The summed E-state index contributed by atoms with van der Waals surface area (Å²) in [6.07, 6.45) is 8.67. The maximum Gasteiger partial charge on any atom is -0.0294 e. The Morgan fingerprint density at radius 2 is 1.64 bits per heavy atom. The summed E-state index contributed by atoms with van der Waals surface area (Å²) in [5.41, 5.74) is 0.932. The van der Waals surface area contributed by atoms with Crippen LogP contribution in [0.4, 0.5) is 0 Å². The topological polar surface area (TPSA) is 0 Å². The largest absolute Gasteiger partial charge is 0.119 e. The minimum atomic E-state index is 0.932. The summed E-state index contributed by atoms with van der Waals surface area (Å²) < 4.78 is 0. The molecule has 0 aliphatic carbocycles. The molecule has 0 rings (SSSR count). The van der Waals surface area contributed by atoms with E-state index in [1.807, 2.05) is 0 Å². The minimum absolute atomic E-state index is 0.932. The fourth-order valence-corrected chi connectivity index (χ4v) is 2.15. The molecule has 0 nitrogen and oxygen atoms in total. The SMILES string of the molecule is CCCCCCCPC(C)C. The Hall–Kier alpha value is 0.430. The Morgan fingerprint density at radius 1 is 1.00 bits per heavy atom. The van der Waals surface area contributed by atoms with Crippen molar-refractivity contribution in [2.45, 2.75) is 58.5 Å². The first-order valence-electron chi connectivity index (χ1n) is 5.00. The van der Waals surface area contributed by atoms with Gasteiger partial charge in [-0.2, -0.15) is 0 Å². The van der Waals surface area contributed by atoms with E-state index in [-0.39, 0.29) is 0 Å². The predicted molar refractivity (Wildman–Crippen MR) is 57.1 cm³/mol. The van der Waals surface area contributed by atoms with E-state index in [0.29, 0.717) is 0 Å². The molecule has 0 saturated carbocycles. The van der Waals surface area contributed by atoms with E-state index >= 15 is 0 Å². The molecule has 1 heteroatoms. The Morgan fingerprint density at radius 3 is 2.18 bits per heavy atom. The highest BCUT2D eigenvalue weighted by atomic mass is 31.1. The Balaban J connectivity index is 2.80. The van der Waals surface area contributed by atoms with Gasteiger partial charge in [-0.3, -0.25) is 0 Å². The van der Waals surface area contributed by atoms with Crippen LogP contribution in [-0.2, 0) is 0 Å². The monoisotopic (exact) mass is 174 g/mol. The predicted octanol–water partition coefficient (Wildman–Crippen LogP) is 4.04. The average Bonchev–Trinajstić information content (AvgIpc) is 1.96. The van der Waals surface area contributed by atoms with Crippen LogP contribution in [0.2, 0.25) is 0 Å². The maximum atomic E-state index is 2.32. The van der Waals surface area contributed by atoms with Gasteiger partial charge in [0.1, 0.15) is 0 Å². The molecule has 0 aliphatic heterocycles. The van der Waals surface area contributed by atoms with Gasteiger partial charge in [-0.1, -0.05) is 46.5 Å². The molecule has 0 aliphatic rings. The maximum absolute atomic E-state index is 2.32. The summed E-state index contributed by atoms with van der Waals surface area (Å²) in [4.78, 5) is 0. The average molecular weight is 174 g/mol. The lowest BCUT2D eigenvalue weighted by Crippen LogP contribution is -1.86. The van der Waals surface area contributed by atoms with Crippen molar-refractivity contribution in [3.8, 4) is 0 Å². The van der Waals surface area contributed by atoms with Crippen molar-refractivity contribution in [2.24, 2.45) is 0 Å². The van der Waals surface area contributed by atoms with Crippen molar-refractivity contribution in [3.63, 3.8) is 0 Å². The molecule has 1 unspecified atom stereocenters. The third-order valence-corrected chi connectivity index (χ3v) is 3.29. The lowest BCUT2D eigenvalue weighted by molar-refractivity contribution is 0.658. The second kappa shape index (κ2) is 8.53. The van der Waals surface area contributed by atoms with Crippen LogP contribution < -0.4 is 0 Å². The van der Waals surface area contributed by atoms with E-state index in [1.54, 1.807) is 0 Å². The quantitative estimate of drug-likeness (QED) is 0.403. The Bertz CT molecular complexity index is 69.3. The van der Waals surface area contributed by atoms with Crippen molar-refractivity contribution in [1.29, 1.82) is 0 Å². The second-order valence-electron chi connectivity index (χ2n) is 3.52. The molecular formula is C10H23P. The molecule has 0 fully saturated rings. The van der Waals surface area contributed by atoms with Gasteiger partial charge in [-0.05, 0) is 18.2 Å². The lowest BCUT2D eigenvalue weighted by atomic mass is 10.2. The fourth-order valence-electron chi connectivity index (χ4n) is 1.12. The molecule has 1 atom stereocenters. The van der Waals surface area contributed by atoms with Crippen LogP contribution in [0.15, 0.2) is 0 Å². The zero-order chi connectivity index (χ0) is 8.53. The van der Waals surface area contributed by atoms with Gasteiger partial charge in [0.05, 0.1) is 0 Å². The standard InChI is InChI=1S/C10H23P/c1-4-5-6-7-8-9-11-10(2)3/h10-11H,4-9H2,1-3H3. The van der Waals surface area contributed by atoms with E-state index in [1.165, 1.54) is 46.8 Å². The van der Waals surface area contributed by atoms with Gasteiger partial charge in [-0.25, -0.2) is 0 Å². The molecule has 0 aromatic rings. The number of hydrogen-bond acceptors (Lipinski definition) is 0. The van der Waals surface area contributed by atoms with Gasteiger partial charge in [0.2, 0.25) is 0 Å². The molecular weight excluding hydrogens is 151 g/mol. The summed E-state index contributed by atoms with van der Waals surface area (Å²) in [6.45, 7) is 6.92. The van der Waals surface area contributed by atoms with Gasteiger partial charge in [0.25, 0.3) is 0 Å². The minimum Gasteiger partial charge on any atom is -0.119 e. The first-order valence-corrected chi connectivity index (χ1v) is 6.29. The fraction of sp³-hybridized carbons (Fsp3) is 1.00. The van der Waals surface area contributed by atoms with Crippen molar-refractivity contribution in [3.05, 3.63) is 0 Å². The molecule has 11 heavy (non-hydrogen) atoms. The van der Waals surface area contributed by atoms with Crippen molar-refractivity contribution in [2.75, 3.05) is 6.16 Å². The highest BCUT2D eigenvalue weighted by Crippen LogP contribution is 2.19. The third-order valence-electron chi connectivity index (χ3n) is 1.83. The first kappa shape index (κ1) is 11.4. The Labute approximate surface area is 73.9 Å². The van der Waals surface area contributed by atoms with E-state index in [4.69, 9.17) is 0 Å². The van der Waals surface area contributed by atoms with Crippen molar-refractivity contribution in [1.82, 2.24) is 0 Å². The molecule has 0 bridgehead atoms. The van der Waals surface area contributed by atoms with Crippen molar-refractivity contribution >= 4 is 8.58 Å². The smallest absolute Gasteiger partial charge is 0.0294 e. The second-order valence-corrected chi connectivity index (χ2v) is 5.59. The molecule has 0 aromatic heterocycles. The summed E-state index contributed by atoms with van der Waals surface area (Å²) in [5, 5.41) is 0. The number of unbranched alkanes of at least 4 members (excludes halogenated alkanes) is 4. The van der Waals surface area contributed by atoms with Gasteiger partial charge in [0.15, 0.2) is 0 Å². The lowest BCUT2D eigenvalue weighted by Gasteiger charge is -2.03. The van der Waals surface area contributed by atoms with Crippen LogP contribution in [0, 0.1) is 0 Å². The van der Waals surface area contributed by atoms with E-state index < -0.39 is 0 Å². The van der Waals surface area contributed by atoms with E-state index in [0.717, 1.165) is 5.66 Å². The van der Waals surface area contributed by atoms with Gasteiger partial charge >= 0.3 is 0 Å². The van der Waals surface area contributed by atoms with E-state index in [9.17, 15) is 0 Å². The normalized spacial score (nSPS) is 12.0. The van der Waals surface area contributed by atoms with Gasteiger partial charge < -0.3 is 0 Å². The van der Waals surface area contributed by atoms with Gasteiger partial charge in [0, 0.05) is 0 Å². The molecule has 0 radical (unpaired) electrons. The van der Waals surface area contributed by atoms with Gasteiger partial charge in [-0.15, -0.1) is 8.58 Å². The molecule has 0 N–H and O–H groups in total. The zero-order valence-electron chi connectivity index (χ0n) is 8.32. The number of rotatable bonds is 7. The van der Waals surface area contributed by atoms with Crippen LogP contribution in [-0.4, -0.2) is 11.8 Å². The van der Waals surface area contributed by atoms with Crippen molar-refractivity contribution < 1.29 is 0 Å². The molecule has 0 heterocycles. The molecule has 0 aromatic carbocycles. The molecule has 0 saturated heterocycles. The van der Waals surface area contributed by atoms with Crippen LogP contribution in [0.5, 0.6) is 0 Å². The Kier molecular flexibility index (Phi) is 8.86. The highest BCUT2D eigenvalue weighted by Gasteiger charge is 1.92. The zero-order valence-corrected chi connectivity index (χ0v) is 9.32. The molecule has 0 amide bonds. The van der Waals surface area contributed by atoms with Crippen LogP contribution in [0.25, 0.3) is 0 Å². The highest BCUT2D eigenvalue weighted by molar-refractivity contribution is 7.38. The van der Waals surface area contributed by atoms with Crippen LogP contribution in [0.1, 0.15) is 52.9 Å². The van der Waals surface area contributed by atoms with Crippen LogP contribution >= 0.6 is 8.58 Å². The summed E-state index contributed by atoms with van der Waals surface area (Å²) in [7, 11) is 1.20. The molecule has 0 spiro atoms. The third kappa shape index (κ3) is 10.4. The first-order chi connectivity index (χ1) is 5.27. The molecule has 68 valence electrons. The summed E-state index contributed by atoms with van der Waals surface area (Å²) in [5.74, 6) is 0. The van der Waals surface area contributed by atoms with Crippen LogP contribution in [0.3, 0.4) is 0 Å². The van der Waals surface area contributed by atoms with E-state index in [2.05, 4.69) is 20.8 Å².